The molecule has 2 N–H and O–H groups in total. The van der Waals surface area contributed by atoms with Crippen molar-refractivity contribution >= 4 is 28.3 Å². The van der Waals surface area contributed by atoms with Crippen molar-refractivity contribution in [3.63, 3.8) is 0 Å². The summed E-state index contributed by atoms with van der Waals surface area (Å²) >= 11 is 0.981. The number of benzene rings is 2. The summed E-state index contributed by atoms with van der Waals surface area (Å²) in [4.78, 5) is 20.3. The molecule has 26 heavy (non-hydrogen) atoms. The van der Waals surface area contributed by atoms with Crippen molar-refractivity contribution in [2.24, 2.45) is 5.73 Å². The lowest BCUT2D eigenvalue weighted by Gasteiger charge is -2.08. The number of nitrogens with two attached hydrogens (primary N) is 1. The van der Waals surface area contributed by atoms with Crippen molar-refractivity contribution in [2.75, 3.05) is 0 Å². The molecule has 1 amide bonds. The standard InChI is InChI=1S/C18H11F2N3O2S/c1-8-5-13-12(22-7-25-13)6-9(8)16-15(23-18(26-16)17(21)24)14-10(19)3-2-4-11(14)20/h2-7H,1H3,(H2,21,24). The third kappa shape index (κ3) is 2.55. The molecule has 5 nitrogen and oxygen atoms in total. The van der Waals surface area contributed by atoms with Crippen LogP contribution in [0.4, 0.5) is 8.78 Å². The van der Waals surface area contributed by atoms with Crippen LogP contribution in [0.2, 0.25) is 0 Å². The van der Waals surface area contributed by atoms with Crippen LogP contribution in [0.15, 0.2) is 41.1 Å². The van der Waals surface area contributed by atoms with E-state index in [9.17, 15) is 13.6 Å². The van der Waals surface area contributed by atoms with Gasteiger partial charge in [0.25, 0.3) is 5.91 Å². The molecule has 0 aliphatic rings. The number of aryl methyl sites for hydroxylation is 1. The Morgan fingerprint density at radius 3 is 2.65 bits per heavy atom. The van der Waals surface area contributed by atoms with E-state index in [1.807, 2.05) is 6.92 Å². The molecule has 4 rings (SSSR count). The number of rotatable bonds is 3. The molecule has 2 aromatic heterocycles. The lowest BCUT2D eigenvalue weighted by atomic mass is 10.0. The zero-order valence-electron chi connectivity index (χ0n) is 13.4. The van der Waals surface area contributed by atoms with Crippen molar-refractivity contribution in [1.82, 2.24) is 9.97 Å². The van der Waals surface area contributed by atoms with E-state index in [1.165, 1.54) is 12.5 Å². The predicted molar refractivity (Wildman–Crippen MR) is 93.7 cm³/mol. The molecular weight excluding hydrogens is 360 g/mol. The molecule has 0 saturated heterocycles. The first kappa shape index (κ1) is 16.3. The first-order valence-corrected chi connectivity index (χ1v) is 8.36. The summed E-state index contributed by atoms with van der Waals surface area (Å²) in [5.74, 6) is -2.31. The number of primary amides is 1. The zero-order valence-corrected chi connectivity index (χ0v) is 14.2. The molecule has 8 heteroatoms. The van der Waals surface area contributed by atoms with E-state index in [0.717, 1.165) is 29.0 Å². The zero-order chi connectivity index (χ0) is 18.4. The highest BCUT2D eigenvalue weighted by Crippen LogP contribution is 2.41. The van der Waals surface area contributed by atoms with Gasteiger partial charge in [-0.25, -0.2) is 18.7 Å². The average Bonchev–Trinajstić information content (AvgIpc) is 3.20. The summed E-state index contributed by atoms with van der Waals surface area (Å²) in [6.07, 6.45) is 1.31. The van der Waals surface area contributed by atoms with E-state index in [0.29, 0.717) is 21.5 Å². The number of nitrogens with zero attached hydrogens (tertiary/aromatic N) is 2. The maximum absolute atomic E-state index is 14.3. The van der Waals surface area contributed by atoms with Gasteiger partial charge in [0.15, 0.2) is 17.0 Å². The van der Waals surface area contributed by atoms with Crippen LogP contribution in [0.5, 0.6) is 0 Å². The summed E-state index contributed by atoms with van der Waals surface area (Å²) in [5, 5.41) is -0.0303. The van der Waals surface area contributed by atoms with Crippen LogP contribution in [0.25, 0.3) is 32.8 Å². The molecule has 2 aromatic carbocycles. The SMILES string of the molecule is Cc1cc2ocnc2cc1-c1sc(C(N)=O)nc1-c1c(F)cccc1F. The molecule has 0 aliphatic heterocycles. The third-order valence-electron chi connectivity index (χ3n) is 3.96. The summed E-state index contributed by atoms with van der Waals surface area (Å²) in [6, 6.07) is 7.04. The van der Waals surface area contributed by atoms with Crippen molar-refractivity contribution in [3.05, 3.63) is 58.9 Å². The average molecular weight is 371 g/mol. The first-order valence-electron chi connectivity index (χ1n) is 7.55. The van der Waals surface area contributed by atoms with Gasteiger partial charge in [0.2, 0.25) is 0 Å². The minimum Gasteiger partial charge on any atom is -0.443 e. The fraction of sp³-hybridized carbons (Fsp3) is 0.0556. The lowest BCUT2D eigenvalue weighted by Crippen LogP contribution is -2.10. The number of carbonyl (C=O) groups excluding carboxylic acids is 1. The Bertz CT molecular complexity index is 1150. The Morgan fingerprint density at radius 1 is 1.23 bits per heavy atom. The fourth-order valence-corrected chi connectivity index (χ4v) is 3.76. The second-order valence-corrected chi connectivity index (χ2v) is 6.64. The van der Waals surface area contributed by atoms with Crippen molar-refractivity contribution in [2.45, 2.75) is 6.92 Å². The highest BCUT2D eigenvalue weighted by atomic mass is 32.1. The van der Waals surface area contributed by atoms with Gasteiger partial charge in [-0.1, -0.05) is 6.07 Å². The number of amides is 1. The number of carbonyl (C=O) groups is 1. The number of fused-ring (bicyclic) bond motifs is 1. The van der Waals surface area contributed by atoms with Crippen LogP contribution in [-0.4, -0.2) is 15.9 Å². The highest BCUT2D eigenvalue weighted by Gasteiger charge is 2.24. The molecule has 0 saturated carbocycles. The Balaban J connectivity index is 2.04. The van der Waals surface area contributed by atoms with E-state index in [2.05, 4.69) is 9.97 Å². The number of hydrogen-bond donors (Lipinski definition) is 1. The van der Waals surface area contributed by atoms with Gasteiger partial charge < -0.3 is 10.2 Å². The topological polar surface area (TPSA) is 82.0 Å². The highest BCUT2D eigenvalue weighted by molar-refractivity contribution is 7.17. The van der Waals surface area contributed by atoms with Crippen LogP contribution in [0.1, 0.15) is 15.4 Å². The predicted octanol–water partition coefficient (Wildman–Crippen LogP) is 4.30. The van der Waals surface area contributed by atoms with Crippen LogP contribution >= 0.6 is 11.3 Å². The van der Waals surface area contributed by atoms with Gasteiger partial charge in [0, 0.05) is 0 Å². The van der Waals surface area contributed by atoms with Crippen molar-refractivity contribution < 1.29 is 18.0 Å². The molecular formula is C18H11F2N3O2S. The van der Waals surface area contributed by atoms with Crippen LogP contribution < -0.4 is 5.73 Å². The molecule has 0 radical (unpaired) electrons. The molecule has 0 bridgehead atoms. The maximum Gasteiger partial charge on any atom is 0.277 e. The molecule has 0 spiro atoms. The van der Waals surface area contributed by atoms with Gasteiger partial charge >= 0.3 is 0 Å². The Morgan fingerprint density at radius 2 is 1.96 bits per heavy atom. The van der Waals surface area contributed by atoms with Gasteiger partial charge in [-0.3, -0.25) is 4.79 Å². The van der Waals surface area contributed by atoms with Gasteiger partial charge in [-0.05, 0) is 42.3 Å². The second kappa shape index (κ2) is 5.99. The lowest BCUT2D eigenvalue weighted by molar-refractivity contribution is 0.1000. The minimum atomic E-state index is -0.771. The number of oxazole rings is 1. The first-order chi connectivity index (χ1) is 12.5. The number of thiazole rings is 1. The van der Waals surface area contributed by atoms with Gasteiger partial charge in [0.05, 0.1) is 16.1 Å². The van der Waals surface area contributed by atoms with Gasteiger partial charge in [0.1, 0.15) is 17.2 Å². The number of aromatic nitrogens is 2. The van der Waals surface area contributed by atoms with E-state index >= 15 is 0 Å². The van der Waals surface area contributed by atoms with Crippen LogP contribution in [-0.2, 0) is 0 Å². The maximum atomic E-state index is 14.3. The van der Waals surface area contributed by atoms with E-state index in [4.69, 9.17) is 10.2 Å². The molecule has 0 unspecified atom stereocenters. The van der Waals surface area contributed by atoms with Gasteiger partial charge in [-0.2, -0.15) is 0 Å². The monoisotopic (exact) mass is 371 g/mol. The molecule has 0 atom stereocenters. The Kier molecular flexibility index (Phi) is 3.77. The molecule has 0 fully saturated rings. The summed E-state index contributed by atoms with van der Waals surface area (Å²) in [6.45, 7) is 1.82. The van der Waals surface area contributed by atoms with Crippen molar-refractivity contribution in [1.29, 1.82) is 0 Å². The van der Waals surface area contributed by atoms with Crippen LogP contribution in [0.3, 0.4) is 0 Å². The van der Waals surface area contributed by atoms with Gasteiger partial charge in [-0.15, -0.1) is 11.3 Å². The summed E-state index contributed by atoms with van der Waals surface area (Å²) in [7, 11) is 0. The quantitative estimate of drug-likeness (QED) is 0.582. The second-order valence-electron chi connectivity index (χ2n) is 5.64. The largest absolute Gasteiger partial charge is 0.443 e. The minimum absolute atomic E-state index is 0.0303. The third-order valence-corrected chi connectivity index (χ3v) is 5.06. The van der Waals surface area contributed by atoms with E-state index in [1.54, 1.807) is 12.1 Å². The summed E-state index contributed by atoms with van der Waals surface area (Å²) < 4.78 is 33.9. The number of halogens is 2. The Labute approximate surface area is 150 Å². The van der Waals surface area contributed by atoms with Crippen LogP contribution in [0, 0.1) is 18.6 Å². The molecule has 2 heterocycles. The van der Waals surface area contributed by atoms with E-state index < -0.39 is 17.5 Å². The Hall–Kier alpha value is -3.13. The smallest absolute Gasteiger partial charge is 0.277 e. The molecule has 4 aromatic rings. The van der Waals surface area contributed by atoms with E-state index in [-0.39, 0.29) is 16.3 Å². The number of hydrogen-bond acceptors (Lipinski definition) is 5. The molecule has 0 aliphatic carbocycles. The fourth-order valence-electron chi connectivity index (χ4n) is 2.75. The van der Waals surface area contributed by atoms with Crippen molar-refractivity contribution in [3.8, 4) is 21.7 Å². The molecule has 130 valence electrons. The normalized spacial score (nSPS) is 11.2. The summed E-state index contributed by atoms with van der Waals surface area (Å²) in [5.41, 5.74) is 7.67.